The van der Waals surface area contributed by atoms with Crippen LogP contribution in [0.1, 0.15) is 113 Å². The number of carbonyl (C=O) groups excluding carboxylic acids is 4. The van der Waals surface area contributed by atoms with E-state index in [1.54, 1.807) is 40.7 Å². The Kier molecular flexibility index (Phi) is 21.0. The summed E-state index contributed by atoms with van der Waals surface area (Å²) >= 11 is 6.24. The third-order valence-electron chi connectivity index (χ3n) is 15.4. The average molecular weight is 1040 g/mol. The molecule has 4 saturated heterocycles. The first-order valence-corrected chi connectivity index (χ1v) is 26.1. The Hall–Kier alpha value is -3.37. The van der Waals surface area contributed by atoms with Gasteiger partial charge in [0.1, 0.15) is 17.8 Å². The number of carbonyl (C=O) groups is 4. The molecule has 4 heterocycles. The maximum Gasteiger partial charge on any atom is 0.509 e. The van der Waals surface area contributed by atoms with Crippen LogP contribution in [0.25, 0.3) is 0 Å². The third kappa shape index (κ3) is 14.5. The minimum atomic E-state index is -1.62. The monoisotopic (exact) mass is 1040 g/mol. The van der Waals surface area contributed by atoms with Crippen LogP contribution in [-0.2, 0) is 58.6 Å². The molecule has 18 atom stereocenters. The molecule has 1 aromatic carbocycles. The van der Waals surface area contributed by atoms with Crippen molar-refractivity contribution in [2.24, 2.45) is 17.8 Å². The molecular weight excluding hydrogens is 956 g/mol. The molecule has 72 heavy (non-hydrogen) atoms. The van der Waals surface area contributed by atoms with E-state index in [0.29, 0.717) is 37.4 Å². The predicted molar refractivity (Wildman–Crippen MR) is 267 cm³/mol. The van der Waals surface area contributed by atoms with E-state index in [4.69, 9.17) is 54.2 Å². The van der Waals surface area contributed by atoms with Crippen LogP contribution in [0.3, 0.4) is 0 Å². The number of fused-ring (bicyclic) bond motifs is 1. The number of esters is 1. The molecule has 0 radical (unpaired) electrons. The van der Waals surface area contributed by atoms with Crippen molar-refractivity contribution >= 4 is 35.7 Å². The zero-order valence-electron chi connectivity index (χ0n) is 45.0. The molecule has 4 fully saturated rings. The number of aliphatic hydroxyl groups excluding tert-OH is 1. The molecule has 20 heteroatoms. The molecule has 1 aromatic rings. The Morgan fingerprint density at radius 3 is 2.31 bits per heavy atom. The fourth-order valence-electron chi connectivity index (χ4n) is 11.3. The maximum atomic E-state index is 14.8. The van der Waals surface area contributed by atoms with Gasteiger partial charge in [0, 0.05) is 62.6 Å². The first-order chi connectivity index (χ1) is 33.7. The first kappa shape index (κ1) is 59.5. The molecule has 4 aliphatic heterocycles. The van der Waals surface area contributed by atoms with E-state index >= 15 is 0 Å². The molecule has 0 spiro atoms. The van der Waals surface area contributed by atoms with Crippen LogP contribution in [0, 0.1) is 17.8 Å². The molecule has 19 nitrogen and oxygen atoms in total. The summed E-state index contributed by atoms with van der Waals surface area (Å²) in [5.74, 6) is -2.89. The van der Waals surface area contributed by atoms with Crippen molar-refractivity contribution < 1.29 is 72.0 Å². The predicted octanol–water partition coefficient (Wildman–Crippen LogP) is 5.61. The minimum Gasteiger partial charge on any atom is -0.458 e. The fraction of sp³-hybridized carbons (Fsp3) is 0.808. The van der Waals surface area contributed by atoms with E-state index < -0.39 is 108 Å². The highest BCUT2D eigenvalue weighted by molar-refractivity contribution is 6.31. The van der Waals surface area contributed by atoms with E-state index in [1.807, 2.05) is 83.8 Å². The molecule has 4 aliphatic rings. The van der Waals surface area contributed by atoms with Crippen LogP contribution in [0.4, 0.5) is 9.59 Å². The van der Waals surface area contributed by atoms with Gasteiger partial charge in [0.25, 0.3) is 0 Å². The Morgan fingerprint density at radius 2 is 1.65 bits per heavy atom. The van der Waals surface area contributed by atoms with Gasteiger partial charge in [0.15, 0.2) is 30.4 Å². The molecule has 0 saturated carbocycles. The van der Waals surface area contributed by atoms with Crippen molar-refractivity contribution in [3.05, 3.63) is 34.9 Å². The summed E-state index contributed by atoms with van der Waals surface area (Å²) < 4.78 is 56.6. The van der Waals surface area contributed by atoms with Gasteiger partial charge in [-0.3, -0.25) is 14.5 Å². The van der Waals surface area contributed by atoms with Crippen LogP contribution in [0.5, 0.6) is 0 Å². The van der Waals surface area contributed by atoms with Crippen LogP contribution in [0.2, 0.25) is 5.02 Å². The number of amides is 2. The number of methoxy groups -OCH3 is 1. The number of hydrogen-bond donors (Lipinski definition) is 4. The number of nitrogens with one attached hydrogen (secondary N) is 2. The Bertz CT molecular complexity index is 1970. The molecule has 410 valence electrons. The normalized spacial score (nSPS) is 39.4. The SMILES string of the molecule is CC[C@H]1OC(=O)[C@H](C)[C@H](O[C@H]2C[C@@](C)(OC)[C@@H](OC(=O)NCCCC(=O)NCCc3ccccc3Cl)[C@H](C)O2)[C@H](C)[C@@H](O[C@@H]2O[C@H](C)C[C@H](N(C)C)[C@H]2O)[C@@](C)(O)C[C@@H](C)CN(C)[C@H](C)[C@H]2OC(=O)O[C@@]21C. The van der Waals surface area contributed by atoms with Gasteiger partial charge in [0.05, 0.1) is 35.9 Å². The van der Waals surface area contributed by atoms with E-state index in [9.17, 15) is 29.4 Å². The van der Waals surface area contributed by atoms with Gasteiger partial charge < -0.3 is 68.4 Å². The number of benzene rings is 1. The molecule has 2 amide bonds. The lowest BCUT2D eigenvalue weighted by molar-refractivity contribution is -0.317. The van der Waals surface area contributed by atoms with Gasteiger partial charge in [0.2, 0.25) is 5.91 Å². The van der Waals surface area contributed by atoms with Crippen molar-refractivity contribution in [1.29, 1.82) is 0 Å². The molecule has 0 aromatic heterocycles. The van der Waals surface area contributed by atoms with E-state index in [1.165, 1.54) is 7.11 Å². The zero-order valence-corrected chi connectivity index (χ0v) is 45.8. The standard InChI is InChI=1S/C52H85ClN4O15/c1-15-38-52(10)44(71-49(62)72-52)33(6)57(13)28-29(2)26-50(8,63)43(69-47-41(59)37(56(11)12)25-30(3)65-47)31(4)42(32(5)46(60)67-38)68-40-27-51(9,64-14)45(34(7)66-40)70-48(61)55-23-18-21-39(58)54-24-22-35-19-16-17-20-36(35)53/h16-17,19-20,29-34,37-38,40-45,47,59,63H,15,18,21-28H2,1-14H3,(H,54,58)(H,55,61)/t29-,30-,31+,32-,33-,34+,37+,38-,40+,41-,42-,43-,44-,45+,47+,50+,51-,52-/m1/s1. The second-order valence-corrected chi connectivity index (χ2v) is 22.1. The van der Waals surface area contributed by atoms with Crippen molar-refractivity contribution in [3.63, 3.8) is 0 Å². The Morgan fingerprint density at radius 1 is 0.958 bits per heavy atom. The summed E-state index contributed by atoms with van der Waals surface area (Å²) in [6.07, 6.45) is -8.67. The largest absolute Gasteiger partial charge is 0.509 e. The van der Waals surface area contributed by atoms with E-state index in [-0.39, 0.29) is 56.2 Å². The summed E-state index contributed by atoms with van der Waals surface area (Å²) in [4.78, 5) is 57.4. The van der Waals surface area contributed by atoms with E-state index in [0.717, 1.165) is 5.56 Å². The van der Waals surface area contributed by atoms with Crippen molar-refractivity contribution in [2.45, 2.75) is 204 Å². The molecular formula is C52H85ClN4O15. The summed E-state index contributed by atoms with van der Waals surface area (Å²) in [6, 6.07) is 6.76. The number of aliphatic hydroxyl groups is 2. The topological polar surface area (TPSA) is 222 Å². The van der Waals surface area contributed by atoms with E-state index in [2.05, 4.69) is 10.6 Å². The van der Waals surface area contributed by atoms with Gasteiger partial charge in [-0.15, -0.1) is 0 Å². The van der Waals surface area contributed by atoms with Gasteiger partial charge in [-0.2, -0.15) is 0 Å². The zero-order chi connectivity index (χ0) is 53.5. The lowest BCUT2D eigenvalue weighted by Crippen LogP contribution is -2.61. The van der Waals surface area contributed by atoms with Crippen LogP contribution < -0.4 is 10.6 Å². The molecule has 4 N–H and O–H groups in total. The van der Waals surface area contributed by atoms with Crippen LogP contribution >= 0.6 is 11.6 Å². The number of nitrogens with zero attached hydrogens (tertiary/aromatic N) is 2. The second kappa shape index (κ2) is 25.4. The summed E-state index contributed by atoms with van der Waals surface area (Å²) in [6.45, 7) is 19.1. The van der Waals surface area contributed by atoms with Gasteiger partial charge in [-0.1, -0.05) is 50.6 Å². The Balaban J connectivity index is 1.39. The first-order valence-electron chi connectivity index (χ1n) is 25.7. The summed E-state index contributed by atoms with van der Waals surface area (Å²) in [5, 5.41) is 30.8. The number of rotatable bonds is 15. The summed E-state index contributed by atoms with van der Waals surface area (Å²) in [5.41, 5.74) is -3.21. The number of halogens is 1. The van der Waals surface area contributed by atoms with Crippen LogP contribution in [0.15, 0.2) is 24.3 Å². The smallest absolute Gasteiger partial charge is 0.458 e. The number of cyclic esters (lactones) is 1. The van der Waals surface area contributed by atoms with Crippen molar-refractivity contribution in [1.82, 2.24) is 20.4 Å². The number of hydrogen-bond acceptors (Lipinski definition) is 17. The Labute approximate surface area is 431 Å². The van der Waals surface area contributed by atoms with Crippen LogP contribution in [-0.4, -0.2) is 182 Å². The minimum absolute atomic E-state index is 0.0332. The lowest BCUT2D eigenvalue weighted by Gasteiger charge is -2.49. The van der Waals surface area contributed by atoms with Gasteiger partial charge in [-0.05, 0) is 119 Å². The van der Waals surface area contributed by atoms with Gasteiger partial charge in [-0.25, -0.2) is 9.59 Å². The lowest BCUT2D eigenvalue weighted by atomic mass is 9.77. The van der Waals surface area contributed by atoms with Crippen molar-refractivity contribution in [3.8, 4) is 0 Å². The molecule has 0 bridgehead atoms. The molecule has 0 unspecified atom stereocenters. The average Bonchev–Trinajstić information content (AvgIpc) is 3.62. The fourth-order valence-corrected chi connectivity index (χ4v) is 11.5. The number of likely N-dealkylation sites (N-methyl/N-ethyl adjacent to an activating group) is 2. The second-order valence-electron chi connectivity index (χ2n) is 21.7. The highest BCUT2D eigenvalue weighted by atomic mass is 35.5. The maximum absolute atomic E-state index is 14.8. The highest BCUT2D eigenvalue weighted by Crippen LogP contribution is 2.42. The highest BCUT2D eigenvalue weighted by Gasteiger charge is 2.58. The molecule has 5 rings (SSSR count). The van der Waals surface area contributed by atoms with Crippen molar-refractivity contribution in [2.75, 3.05) is 47.9 Å². The number of alkyl carbamates (subject to hydrolysis) is 1. The third-order valence-corrected chi connectivity index (χ3v) is 15.8. The molecule has 0 aliphatic carbocycles. The number of ether oxygens (including phenoxy) is 9. The summed E-state index contributed by atoms with van der Waals surface area (Å²) in [7, 11) is 7.16. The van der Waals surface area contributed by atoms with Gasteiger partial charge >= 0.3 is 18.2 Å². The quantitative estimate of drug-likeness (QED) is 0.0953.